The average Bonchev–Trinajstić information content (AvgIpc) is 2.70. The molecular weight excluding hydrogens is 286 g/mol. The third-order valence-corrected chi connectivity index (χ3v) is 5.79. The number of hydrogen-bond donors (Lipinski definition) is 1. The maximum Gasteiger partial charge on any atom is 0.244 e. The van der Waals surface area contributed by atoms with E-state index in [1.807, 2.05) is 0 Å². The van der Waals surface area contributed by atoms with Crippen molar-refractivity contribution in [3.8, 4) is 0 Å². The molecule has 21 heavy (non-hydrogen) atoms. The summed E-state index contributed by atoms with van der Waals surface area (Å²) in [7, 11) is -3.40. The molecule has 118 valence electrons. The number of nitrogens with zero attached hydrogens (tertiary/aromatic N) is 2. The van der Waals surface area contributed by atoms with Crippen molar-refractivity contribution in [1.29, 1.82) is 0 Å². The summed E-state index contributed by atoms with van der Waals surface area (Å²) in [5.74, 6) is 1.32. The summed E-state index contributed by atoms with van der Waals surface area (Å²) >= 11 is 0. The highest BCUT2D eigenvalue weighted by Gasteiger charge is 2.26. The number of pyridine rings is 1. The first kappa shape index (κ1) is 16.2. The summed E-state index contributed by atoms with van der Waals surface area (Å²) in [5, 5.41) is 3.15. The Kier molecular flexibility index (Phi) is 5.58. The lowest BCUT2D eigenvalue weighted by atomic mass is 10.0. The van der Waals surface area contributed by atoms with Gasteiger partial charge in [-0.25, -0.2) is 13.4 Å². The summed E-state index contributed by atoms with van der Waals surface area (Å²) in [4.78, 5) is 4.49. The Morgan fingerprint density at radius 1 is 1.33 bits per heavy atom. The smallest absolute Gasteiger partial charge is 0.244 e. The summed E-state index contributed by atoms with van der Waals surface area (Å²) in [6, 6.07) is 3.39. The van der Waals surface area contributed by atoms with Crippen molar-refractivity contribution in [2.75, 3.05) is 25.0 Å². The van der Waals surface area contributed by atoms with Crippen LogP contribution in [0.1, 0.15) is 39.5 Å². The summed E-state index contributed by atoms with van der Waals surface area (Å²) in [6.07, 6.45) is 5.44. The van der Waals surface area contributed by atoms with E-state index in [1.165, 1.54) is 6.20 Å². The van der Waals surface area contributed by atoms with Gasteiger partial charge < -0.3 is 5.32 Å². The first-order valence-corrected chi connectivity index (χ1v) is 9.18. The Bertz CT molecular complexity index is 543. The van der Waals surface area contributed by atoms with Gasteiger partial charge in [0.25, 0.3) is 0 Å². The van der Waals surface area contributed by atoms with Gasteiger partial charge in [0.2, 0.25) is 10.0 Å². The third-order valence-electron chi connectivity index (χ3n) is 3.91. The van der Waals surface area contributed by atoms with Crippen LogP contribution in [-0.4, -0.2) is 37.3 Å². The molecule has 6 heteroatoms. The van der Waals surface area contributed by atoms with Gasteiger partial charge in [0.05, 0.1) is 0 Å². The minimum absolute atomic E-state index is 0.291. The fraction of sp³-hybridized carbons (Fsp3) is 0.667. The standard InChI is InChI=1S/C15H25N3O2S/c1-3-9-16-15-7-6-14(12-17-15)21(19,20)18-10-4-5-13(2)8-11-18/h6-7,12-13H,3-5,8-11H2,1-2H3,(H,16,17). The number of aromatic nitrogens is 1. The molecule has 0 amide bonds. The van der Waals surface area contributed by atoms with E-state index in [0.717, 1.165) is 38.0 Å². The van der Waals surface area contributed by atoms with Crippen molar-refractivity contribution in [2.24, 2.45) is 5.92 Å². The molecule has 1 aromatic heterocycles. The molecule has 0 bridgehead atoms. The minimum atomic E-state index is -3.40. The van der Waals surface area contributed by atoms with E-state index < -0.39 is 10.0 Å². The molecule has 2 rings (SSSR count). The highest BCUT2D eigenvalue weighted by molar-refractivity contribution is 7.89. The second-order valence-electron chi connectivity index (χ2n) is 5.75. The molecule has 1 aromatic rings. The third kappa shape index (κ3) is 4.17. The number of sulfonamides is 1. The maximum atomic E-state index is 12.6. The number of nitrogens with one attached hydrogen (secondary N) is 1. The van der Waals surface area contributed by atoms with E-state index in [1.54, 1.807) is 16.4 Å². The van der Waals surface area contributed by atoms with Crippen LogP contribution in [0.4, 0.5) is 5.82 Å². The second kappa shape index (κ2) is 7.22. The fourth-order valence-electron chi connectivity index (χ4n) is 2.52. The zero-order valence-corrected chi connectivity index (χ0v) is 13.7. The van der Waals surface area contributed by atoms with E-state index in [9.17, 15) is 8.42 Å². The average molecular weight is 311 g/mol. The van der Waals surface area contributed by atoms with Gasteiger partial charge in [-0.2, -0.15) is 4.31 Å². The van der Waals surface area contributed by atoms with Gasteiger partial charge in [0.15, 0.2) is 0 Å². The number of anilines is 1. The van der Waals surface area contributed by atoms with Crippen LogP contribution >= 0.6 is 0 Å². The first-order chi connectivity index (χ1) is 10.0. The summed E-state index contributed by atoms with van der Waals surface area (Å²) in [6.45, 7) is 6.32. The molecule has 0 spiro atoms. The molecule has 0 aromatic carbocycles. The lowest BCUT2D eigenvalue weighted by Crippen LogP contribution is -2.32. The van der Waals surface area contributed by atoms with Crippen molar-refractivity contribution >= 4 is 15.8 Å². The molecule has 5 nitrogen and oxygen atoms in total. The van der Waals surface area contributed by atoms with Crippen LogP contribution in [-0.2, 0) is 10.0 Å². The SMILES string of the molecule is CCCNc1ccc(S(=O)(=O)N2CCCC(C)CC2)cn1. The highest BCUT2D eigenvalue weighted by atomic mass is 32.2. The van der Waals surface area contributed by atoms with Crippen LogP contribution in [0.5, 0.6) is 0 Å². The molecule has 1 aliphatic rings. The van der Waals surface area contributed by atoms with Crippen molar-refractivity contribution in [3.63, 3.8) is 0 Å². The molecule has 1 aliphatic heterocycles. The molecule has 1 unspecified atom stereocenters. The van der Waals surface area contributed by atoms with Crippen molar-refractivity contribution in [3.05, 3.63) is 18.3 Å². The van der Waals surface area contributed by atoms with Crippen LogP contribution in [0.3, 0.4) is 0 Å². The van der Waals surface area contributed by atoms with E-state index >= 15 is 0 Å². The van der Waals surface area contributed by atoms with Gasteiger partial charge in [-0.1, -0.05) is 13.8 Å². The molecule has 0 aliphatic carbocycles. The van der Waals surface area contributed by atoms with Crippen LogP contribution in [0.2, 0.25) is 0 Å². The van der Waals surface area contributed by atoms with Crippen LogP contribution in [0, 0.1) is 5.92 Å². The Morgan fingerprint density at radius 2 is 2.14 bits per heavy atom. The lowest BCUT2D eigenvalue weighted by molar-refractivity contribution is 0.416. The molecule has 0 radical (unpaired) electrons. The van der Waals surface area contributed by atoms with Gasteiger partial charge in [0, 0.05) is 25.8 Å². The number of rotatable bonds is 5. The highest BCUT2D eigenvalue weighted by Crippen LogP contribution is 2.23. The van der Waals surface area contributed by atoms with E-state index in [-0.39, 0.29) is 0 Å². The van der Waals surface area contributed by atoms with Crippen LogP contribution < -0.4 is 5.32 Å². The van der Waals surface area contributed by atoms with E-state index in [2.05, 4.69) is 24.1 Å². The van der Waals surface area contributed by atoms with Crippen molar-refractivity contribution < 1.29 is 8.42 Å². The topological polar surface area (TPSA) is 62.3 Å². The van der Waals surface area contributed by atoms with Crippen molar-refractivity contribution in [2.45, 2.75) is 44.4 Å². The monoisotopic (exact) mass is 311 g/mol. The van der Waals surface area contributed by atoms with Crippen molar-refractivity contribution in [1.82, 2.24) is 9.29 Å². The minimum Gasteiger partial charge on any atom is -0.370 e. The number of hydrogen-bond acceptors (Lipinski definition) is 4. The largest absolute Gasteiger partial charge is 0.370 e. The Morgan fingerprint density at radius 3 is 2.81 bits per heavy atom. The van der Waals surface area contributed by atoms with Gasteiger partial charge >= 0.3 is 0 Å². The van der Waals surface area contributed by atoms with Crippen LogP contribution in [0.15, 0.2) is 23.2 Å². The second-order valence-corrected chi connectivity index (χ2v) is 7.68. The van der Waals surface area contributed by atoms with Gasteiger partial charge in [-0.05, 0) is 43.7 Å². The fourth-order valence-corrected chi connectivity index (χ4v) is 3.96. The van der Waals surface area contributed by atoms with Gasteiger partial charge in [0.1, 0.15) is 10.7 Å². The normalized spacial score (nSPS) is 21.0. The molecule has 1 N–H and O–H groups in total. The zero-order valence-electron chi connectivity index (χ0n) is 12.9. The Labute approximate surface area is 127 Å². The quantitative estimate of drug-likeness (QED) is 0.908. The Hall–Kier alpha value is -1.14. The predicted octanol–water partition coefficient (Wildman–Crippen LogP) is 2.71. The van der Waals surface area contributed by atoms with E-state index in [0.29, 0.717) is 23.9 Å². The first-order valence-electron chi connectivity index (χ1n) is 7.74. The molecule has 1 saturated heterocycles. The summed E-state index contributed by atoms with van der Waals surface area (Å²) < 4.78 is 26.9. The van der Waals surface area contributed by atoms with Gasteiger partial charge in [-0.3, -0.25) is 0 Å². The molecular formula is C15H25N3O2S. The van der Waals surface area contributed by atoms with E-state index in [4.69, 9.17) is 0 Å². The predicted molar refractivity (Wildman–Crippen MR) is 84.8 cm³/mol. The molecule has 1 atom stereocenters. The molecule has 0 saturated carbocycles. The van der Waals surface area contributed by atoms with Gasteiger partial charge in [-0.15, -0.1) is 0 Å². The zero-order chi connectivity index (χ0) is 15.3. The maximum absolute atomic E-state index is 12.6. The molecule has 1 fully saturated rings. The van der Waals surface area contributed by atoms with Crippen LogP contribution in [0.25, 0.3) is 0 Å². The summed E-state index contributed by atoms with van der Waals surface area (Å²) in [5.41, 5.74) is 0. The molecule has 2 heterocycles. The Balaban J connectivity index is 2.11. The lowest BCUT2D eigenvalue weighted by Gasteiger charge is -2.20.